The summed E-state index contributed by atoms with van der Waals surface area (Å²) in [5, 5.41) is 9.03. The molecule has 2 aliphatic heterocycles. The van der Waals surface area contributed by atoms with Crippen LogP contribution in [0.5, 0.6) is 11.5 Å². The van der Waals surface area contributed by atoms with E-state index in [2.05, 4.69) is 0 Å². The number of ether oxygens (including phenoxy) is 2. The molecule has 0 aromatic heterocycles. The number of hydrogen-bond acceptors (Lipinski definition) is 5. The van der Waals surface area contributed by atoms with Gasteiger partial charge in [-0.3, -0.25) is 14.4 Å². The van der Waals surface area contributed by atoms with Gasteiger partial charge in [0, 0.05) is 19.5 Å². The molecule has 7 heteroatoms. The van der Waals surface area contributed by atoms with Gasteiger partial charge in [-0.15, -0.1) is 0 Å². The van der Waals surface area contributed by atoms with E-state index < -0.39 is 18.0 Å². The van der Waals surface area contributed by atoms with Gasteiger partial charge in [0.2, 0.25) is 6.10 Å². The van der Waals surface area contributed by atoms with Crippen LogP contribution in [0.3, 0.4) is 0 Å². The van der Waals surface area contributed by atoms with Crippen LogP contribution in [-0.2, 0) is 14.4 Å². The van der Waals surface area contributed by atoms with Crippen LogP contribution in [0.4, 0.5) is 0 Å². The summed E-state index contributed by atoms with van der Waals surface area (Å²) >= 11 is 0. The summed E-state index contributed by atoms with van der Waals surface area (Å²) in [5.41, 5.74) is 0. The summed E-state index contributed by atoms with van der Waals surface area (Å²) in [5.74, 6) is -2.00. The van der Waals surface area contributed by atoms with Crippen LogP contribution in [0, 0.1) is 5.92 Å². The van der Waals surface area contributed by atoms with Gasteiger partial charge in [0.25, 0.3) is 5.91 Å². The van der Waals surface area contributed by atoms with Crippen molar-refractivity contribution < 1.29 is 29.0 Å². The van der Waals surface area contributed by atoms with Crippen LogP contribution in [0.15, 0.2) is 24.3 Å². The van der Waals surface area contributed by atoms with Gasteiger partial charge < -0.3 is 19.5 Å². The summed E-state index contributed by atoms with van der Waals surface area (Å²) in [6, 6.07) is 7.03. The number of carboxylic acids is 1. The lowest BCUT2D eigenvalue weighted by Crippen LogP contribution is -2.52. The van der Waals surface area contributed by atoms with Crippen LogP contribution in [0.25, 0.3) is 0 Å². The third-order valence-corrected chi connectivity index (χ3v) is 3.81. The average molecular weight is 305 g/mol. The molecule has 1 aromatic carbocycles. The van der Waals surface area contributed by atoms with E-state index in [1.807, 2.05) is 0 Å². The lowest BCUT2D eigenvalue weighted by atomic mass is 9.96. The molecule has 0 spiro atoms. The molecule has 1 amide bonds. The molecule has 2 atom stereocenters. The van der Waals surface area contributed by atoms with Gasteiger partial charge in [-0.2, -0.15) is 0 Å². The first-order valence-electron chi connectivity index (χ1n) is 6.99. The molecule has 2 unspecified atom stereocenters. The van der Waals surface area contributed by atoms with Crippen molar-refractivity contribution in [2.24, 2.45) is 5.92 Å². The number of fused-ring (bicyclic) bond motifs is 1. The normalized spacial score (nSPS) is 24.0. The van der Waals surface area contributed by atoms with Crippen molar-refractivity contribution in [3.8, 4) is 11.5 Å². The summed E-state index contributed by atoms with van der Waals surface area (Å²) in [4.78, 5) is 36.4. The second-order valence-electron chi connectivity index (χ2n) is 5.26. The number of carbonyl (C=O) groups is 3. The fraction of sp³-hybridized carbons (Fsp3) is 0.400. The lowest BCUT2D eigenvalue weighted by molar-refractivity contribution is -0.153. The van der Waals surface area contributed by atoms with Crippen molar-refractivity contribution >= 4 is 17.7 Å². The van der Waals surface area contributed by atoms with Crippen LogP contribution in [0.2, 0.25) is 0 Å². The Morgan fingerprint density at radius 3 is 2.68 bits per heavy atom. The minimum Gasteiger partial charge on any atom is -0.485 e. The molecule has 3 rings (SSSR count). The quantitative estimate of drug-likeness (QED) is 0.791. The fourth-order valence-electron chi connectivity index (χ4n) is 2.59. The number of para-hydroxylation sites is 2. The Hall–Kier alpha value is -2.57. The smallest absolute Gasteiger partial charge is 0.315 e. The van der Waals surface area contributed by atoms with Crippen molar-refractivity contribution in [3.63, 3.8) is 0 Å². The first-order chi connectivity index (χ1) is 10.6. The van der Waals surface area contributed by atoms with Crippen molar-refractivity contribution in [2.75, 3.05) is 19.7 Å². The number of ketones is 1. The topological polar surface area (TPSA) is 93.1 Å². The molecule has 1 fully saturated rings. The molecule has 1 saturated heterocycles. The Kier molecular flexibility index (Phi) is 3.70. The van der Waals surface area contributed by atoms with E-state index in [0.717, 1.165) is 0 Å². The molecular formula is C15H15NO6. The number of hydrogen-bond donors (Lipinski definition) is 1. The second-order valence-corrected chi connectivity index (χ2v) is 5.26. The van der Waals surface area contributed by atoms with Crippen LogP contribution >= 0.6 is 0 Å². The van der Waals surface area contributed by atoms with Crippen molar-refractivity contribution in [2.45, 2.75) is 12.5 Å². The van der Waals surface area contributed by atoms with Crippen LogP contribution in [0.1, 0.15) is 6.42 Å². The highest BCUT2D eigenvalue weighted by Crippen LogP contribution is 2.31. The maximum atomic E-state index is 12.5. The predicted molar refractivity (Wildman–Crippen MR) is 73.7 cm³/mol. The molecule has 2 aliphatic rings. The number of carboxylic acid groups (broad SMARTS) is 1. The van der Waals surface area contributed by atoms with E-state index in [1.165, 1.54) is 4.90 Å². The number of Topliss-reactive ketones (excluding diaryl/α,β-unsaturated/α-hetero) is 1. The highest BCUT2D eigenvalue weighted by molar-refractivity contribution is 6.00. The van der Waals surface area contributed by atoms with E-state index >= 15 is 0 Å². The Balaban J connectivity index is 1.70. The molecule has 0 saturated carbocycles. The number of carbonyl (C=O) groups excluding carboxylic acids is 2. The Morgan fingerprint density at radius 2 is 1.95 bits per heavy atom. The SMILES string of the molecule is O=C(O)C1CN(C(=O)C2COc3ccccc3O2)CCC1=O. The molecule has 22 heavy (non-hydrogen) atoms. The average Bonchev–Trinajstić information content (AvgIpc) is 2.54. The number of rotatable bonds is 2. The second kappa shape index (κ2) is 5.67. The van der Waals surface area contributed by atoms with Crippen LogP contribution < -0.4 is 9.47 Å². The number of likely N-dealkylation sites (tertiary alicyclic amines) is 1. The van der Waals surface area contributed by atoms with Gasteiger partial charge in [0.05, 0.1) is 0 Å². The van der Waals surface area contributed by atoms with Gasteiger partial charge >= 0.3 is 5.97 Å². The summed E-state index contributed by atoms with van der Waals surface area (Å²) in [6.45, 7) is 0.162. The molecule has 1 aromatic rings. The Bertz CT molecular complexity index is 628. The lowest BCUT2D eigenvalue weighted by Gasteiger charge is -2.34. The number of aliphatic carboxylic acids is 1. The summed E-state index contributed by atoms with van der Waals surface area (Å²) < 4.78 is 11.1. The number of amides is 1. The third kappa shape index (κ3) is 2.61. The van der Waals surface area contributed by atoms with E-state index in [0.29, 0.717) is 11.5 Å². The summed E-state index contributed by atoms with van der Waals surface area (Å²) in [6.07, 6.45) is -0.773. The molecule has 2 heterocycles. The van der Waals surface area contributed by atoms with Crippen molar-refractivity contribution in [1.82, 2.24) is 4.90 Å². The maximum Gasteiger partial charge on any atom is 0.315 e. The van der Waals surface area contributed by atoms with E-state index in [-0.39, 0.29) is 37.8 Å². The summed E-state index contributed by atoms with van der Waals surface area (Å²) in [7, 11) is 0. The fourth-order valence-corrected chi connectivity index (χ4v) is 2.59. The molecule has 1 N–H and O–H groups in total. The van der Waals surface area contributed by atoms with Gasteiger partial charge in [0.15, 0.2) is 17.3 Å². The monoisotopic (exact) mass is 305 g/mol. The zero-order valence-corrected chi connectivity index (χ0v) is 11.7. The molecule has 0 radical (unpaired) electrons. The molecule has 116 valence electrons. The van der Waals surface area contributed by atoms with Crippen molar-refractivity contribution in [3.05, 3.63) is 24.3 Å². The number of benzene rings is 1. The first-order valence-corrected chi connectivity index (χ1v) is 6.99. The first kappa shape index (κ1) is 14.4. The van der Waals surface area contributed by atoms with Gasteiger partial charge in [-0.1, -0.05) is 12.1 Å². The number of piperidine rings is 1. The minimum absolute atomic E-state index is 0.0485. The Morgan fingerprint density at radius 1 is 1.23 bits per heavy atom. The maximum absolute atomic E-state index is 12.5. The van der Waals surface area contributed by atoms with Crippen molar-refractivity contribution in [1.29, 1.82) is 0 Å². The molecule has 0 aliphatic carbocycles. The zero-order chi connectivity index (χ0) is 15.7. The highest BCUT2D eigenvalue weighted by Gasteiger charge is 2.38. The predicted octanol–water partition coefficient (Wildman–Crippen LogP) is 0.329. The van der Waals surface area contributed by atoms with E-state index in [4.69, 9.17) is 14.6 Å². The minimum atomic E-state index is -1.20. The molecular weight excluding hydrogens is 290 g/mol. The van der Waals surface area contributed by atoms with Gasteiger partial charge in [0.1, 0.15) is 12.5 Å². The third-order valence-electron chi connectivity index (χ3n) is 3.81. The molecule has 0 bridgehead atoms. The zero-order valence-electron chi connectivity index (χ0n) is 11.7. The van der Waals surface area contributed by atoms with Gasteiger partial charge in [-0.25, -0.2) is 0 Å². The molecule has 7 nitrogen and oxygen atoms in total. The Labute approximate surface area is 126 Å². The standard InChI is InChI=1S/C15H15NO6/c17-10-5-6-16(7-9(10)15(19)20)14(18)13-8-21-11-3-1-2-4-12(11)22-13/h1-4,9,13H,5-8H2,(H,19,20). The van der Waals surface area contributed by atoms with Crippen LogP contribution in [-0.4, -0.2) is 53.5 Å². The number of nitrogens with zero attached hydrogens (tertiary/aromatic N) is 1. The van der Waals surface area contributed by atoms with E-state index in [9.17, 15) is 14.4 Å². The van der Waals surface area contributed by atoms with Gasteiger partial charge in [-0.05, 0) is 12.1 Å². The largest absolute Gasteiger partial charge is 0.485 e. The van der Waals surface area contributed by atoms with E-state index in [1.54, 1.807) is 24.3 Å². The highest BCUT2D eigenvalue weighted by atomic mass is 16.6.